The Kier molecular flexibility index (Phi) is 6.59. The number of hydrogen-bond acceptors (Lipinski definition) is 3. The van der Waals surface area contributed by atoms with Crippen LogP contribution in [0.4, 0.5) is 0 Å². The van der Waals surface area contributed by atoms with Crippen LogP contribution in [0, 0.1) is 5.92 Å². The van der Waals surface area contributed by atoms with Crippen molar-refractivity contribution in [3.05, 3.63) is 85.2 Å². The SMILES string of the molecule is C=C(C)[C@H]1CC[C@@H](c2ncc(-c3ccc(-c4ccc(-c5cnc[nH]5)cc4)cc3)[nH]2)N1C(=O)CC(C)C. The normalized spacial score (nSPS) is 17.6. The van der Waals surface area contributed by atoms with Crippen LogP contribution < -0.4 is 0 Å². The highest BCUT2D eigenvalue weighted by Gasteiger charge is 2.39. The average molecular weight is 480 g/mol. The zero-order valence-corrected chi connectivity index (χ0v) is 21.2. The van der Waals surface area contributed by atoms with Crippen LogP contribution in [0.15, 0.2) is 79.4 Å². The number of likely N-dealkylation sites (tertiary alicyclic amines) is 1. The molecule has 0 saturated carbocycles. The van der Waals surface area contributed by atoms with Crippen LogP contribution in [-0.4, -0.2) is 36.8 Å². The first-order valence-corrected chi connectivity index (χ1v) is 12.6. The van der Waals surface area contributed by atoms with Crippen LogP contribution in [0.5, 0.6) is 0 Å². The fraction of sp³-hybridized carbons (Fsp3) is 0.300. The topological polar surface area (TPSA) is 77.7 Å². The zero-order valence-electron chi connectivity index (χ0n) is 21.2. The zero-order chi connectivity index (χ0) is 25.2. The molecule has 1 amide bonds. The van der Waals surface area contributed by atoms with E-state index in [2.05, 4.69) is 83.9 Å². The van der Waals surface area contributed by atoms with Crippen molar-refractivity contribution < 1.29 is 4.79 Å². The molecule has 4 aromatic rings. The second-order valence-electron chi connectivity index (χ2n) is 10.2. The summed E-state index contributed by atoms with van der Waals surface area (Å²) >= 11 is 0. The number of rotatable bonds is 7. The third kappa shape index (κ3) is 4.76. The van der Waals surface area contributed by atoms with E-state index in [0.717, 1.165) is 57.9 Å². The molecule has 0 spiro atoms. The number of benzene rings is 2. The molecule has 2 aromatic carbocycles. The van der Waals surface area contributed by atoms with Gasteiger partial charge in [0.05, 0.1) is 42.2 Å². The molecule has 3 heterocycles. The summed E-state index contributed by atoms with van der Waals surface area (Å²) in [6, 6.07) is 17.0. The molecule has 6 nitrogen and oxygen atoms in total. The van der Waals surface area contributed by atoms with Crippen LogP contribution in [0.1, 0.15) is 51.9 Å². The molecule has 5 rings (SSSR count). The second-order valence-corrected chi connectivity index (χ2v) is 10.2. The third-order valence-electron chi connectivity index (χ3n) is 6.96. The van der Waals surface area contributed by atoms with Crippen molar-refractivity contribution in [1.82, 2.24) is 24.8 Å². The quantitative estimate of drug-likeness (QED) is 0.287. The number of aromatic nitrogens is 4. The Balaban J connectivity index is 1.34. The molecule has 1 fully saturated rings. The van der Waals surface area contributed by atoms with Crippen LogP contribution in [-0.2, 0) is 4.79 Å². The van der Waals surface area contributed by atoms with Gasteiger partial charge >= 0.3 is 0 Å². The number of aromatic amines is 2. The van der Waals surface area contributed by atoms with Gasteiger partial charge in [-0.3, -0.25) is 4.79 Å². The van der Waals surface area contributed by atoms with Gasteiger partial charge in [-0.15, -0.1) is 0 Å². The molecule has 184 valence electrons. The molecule has 1 saturated heterocycles. The van der Waals surface area contributed by atoms with E-state index in [1.165, 1.54) is 0 Å². The summed E-state index contributed by atoms with van der Waals surface area (Å²) in [6.45, 7) is 10.3. The summed E-state index contributed by atoms with van der Waals surface area (Å²) in [5, 5.41) is 0. The van der Waals surface area contributed by atoms with Gasteiger partial charge in [0.1, 0.15) is 5.82 Å². The van der Waals surface area contributed by atoms with Crippen molar-refractivity contribution in [2.24, 2.45) is 5.92 Å². The summed E-state index contributed by atoms with van der Waals surface area (Å²) in [4.78, 5) is 30.6. The number of nitrogens with one attached hydrogen (secondary N) is 2. The number of hydrogen-bond donors (Lipinski definition) is 2. The maximum absolute atomic E-state index is 13.1. The van der Waals surface area contributed by atoms with E-state index in [9.17, 15) is 4.79 Å². The number of amides is 1. The Morgan fingerprint density at radius 3 is 2.14 bits per heavy atom. The molecule has 2 N–H and O–H groups in total. The lowest BCUT2D eigenvalue weighted by Crippen LogP contribution is -2.38. The van der Waals surface area contributed by atoms with E-state index in [1.54, 1.807) is 6.33 Å². The monoisotopic (exact) mass is 479 g/mol. The summed E-state index contributed by atoms with van der Waals surface area (Å²) < 4.78 is 0. The summed E-state index contributed by atoms with van der Waals surface area (Å²) in [6.07, 6.45) is 7.75. The van der Waals surface area contributed by atoms with Gasteiger partial charge in [-0.2, -0.15) is 0 Å². The molecular formula is C30H33N5O. The van der Waals surface area contributed by atoms with E-state index in [-0.39, 0.29) is 18.0 Å². The Labute approximate surface area is 212 Å². The van der Waals surface area contributed by atoms with Crippen LogP contribution in [0.3, 0.4) is 0 Å². The van der Waals surface area contributed by atoms with Crippen LogP contribution in [0.25, 0.3) is 33.6 Å². The molecule has 2 atom stereocenters. The first-order valence-electron chi connectivity index (χ1n) is 12.6. The Morgan fingerprint density at radius 2 is 1.58 bits per heavy atom. The number of nitrogens with zero attached hydrogens (tertiary/aromatic N) is 3. The fourth-order valence-electron chi connectivity index (χ4n) is 5.12. The minimum atomic E-state index is -0.0423. The molecule has 0 unspecified atom stereocenters. The maximum atomic E-state index is 13.1. The van der Waals surface area contributed by atoms with Gasteiger partial charge in [0, 0.05) is 6.42 Å². The van der Waals surface area contributed by atoms with Gasteiger partial charge < -0.3 is 14.9 Å². The molecular weight excluding hydrogens is 446 g/mol. The van der Waals surface area contributed by atoms with E-state index in [0.29, 0.717) is 12.3 Å². The predicted molar refractivity (Wildman–Crippen MR) is 144 cm³/mol. The van der Waals surface area contributed by atoms with Crippen LogP contribution in [0.2, 0.25) is 0 Å². The van der Waals surface area contributed by atoms with E-state index in [1.807, 2.05) is 24.2 Å². The summed E-state index contributed by atoms with van der Waals surface area (Å²) in [5.74, 6) is 1.35. The van der Waals surface area contributed by atoms with Gasteiger partial charge in [0.15, 0.2) is 0 Å². The Bertz CT molecular complexity index is 1330. The van der Waals surface area contributed by atoms with E-state index in [4.69, 9.17) is 4.98 Å². The number of carbonyl (C=O) groups excluding carboxylic acids is 1. The molecule has 0 radical (unpaired) electrons. The van der Waals surface area contributed by atoms with Crippen molar-refractivity contribution in [1.29, 1.82) is 0 Å². The second kappa shape index (κ2) is 9.97. The summed E-state index contributed by atoms with van der Waals surface area (Å²) in [7, 11) is 0. The van der Waals surface area contributed by atoms with Gasteiger partial charge in [0.2, 0.25) is 5.91 Å². The third-order valence-corrected chi connectivity index (χ3v) is 6.96. The molecule has 1 aliphatic rings. The van der Waals surface area contributed by atoms with Crippen molar-refractivity contribution >= 4 is 5.91 Å². The molecule has 2 aromatic heterocycles. The lowest BCUT2D eigenvalue weighted by atomic mass is 10.0. The average Bonchev–Trinajstić information content (AvgIpc) is 3.64. The highest BCUT2D eigenvalue weighted by molar-refractivity contribution is 5.78. The van der Waals surface area contributed by atoms with Crippen molar-refractivity contribution in [2.45, 2.75) is 52.1 Å². The van der Waals surface area contributed by atoms with Crippen molar-refractivity contribution in [3.8, 4) is 33.6 Å². The molecule has 0 aliphatic carbocycles. The number of H-pyrrole nitrogens is 2. The van der Waals surface area contributed by atoms with Crippen molar-refractivity contribution in [3.63, 3.8) is 0 Å². The Hall–Kier alpha value is -3.93. The van der Waals surface area contributed by atoms with Gasteiger partial charge in [0.25, 0.3) is 0 Å². The van der Waals surface area contributed by atoms with Gasteiger partial charge in [-0.25, -0.2) is 9.97 Å². The molecule has 6 heteroatoms. The first-order chi connectivity index (χ1) is 17.4. The highest BCUT2D eigenvalue weighted by atomic mass is 16.2. The molecule has 36 heavy (non-hydrogen) atoms. The Morgan fingerprint density at radius 1 is 0.972 bits per heavy atom. The minimum absolute atomic E-state index is 0.0423. The van der Waals surface area contributed by atoms with Gasteiger partial charge in [-0.1, -0.05) is 74.5 Å². The number of carbonyl (C=O) groups is 1. The lowest BCUT2D eigenvalue weighted by Gasteiger charge is -2.30. The standard InChI is InChI=1S/C30H33N5O/c1-19(2)15-29(36)35-27(20(3)4)13-14-28(35)30-32-17-26(34-30)24-11-7-22(8-12-24)21-5-9-23(10-6-21)25-16-31-18-33-25/h5-12,16-19,27-28H,3,13-15H2,1-2,4H3,(H,31,33)(H,32,34)/t27-,28+/m1/s1. The first kappa shape index (κ1) is 23.8. The predicted octanol–water partition coefficient (Wildman–Crippen LogP) is 6.79. The molecule has 0 bridgehead atoms. The summed E-state index contributed by atoms with van der Waals surface area (Å²) in [5.41, 5.74) is 7.50. The minimum Gasteiger partial charge on any atom is -0.345 e. The smallest absolute Gasteiger partial charge is 0.223 e. The van der Waals surface area contributed by atoms with E-state index < -0.39 is 0 Å². The largest absolute Gasteiger partial charge is 0.345 e. The van der Waals surface area contributed by atoms with Crippen molar-refractivity contribution in [2.75, 3.05) is 0 Å². The molecule has 1 aliphatic heterocycles. The van der Waals surface area contributed by atoms with Crippen LogP contribution >= 0.6 is 0 Å². The van der Waals surface area contributed by atoms with E-state index >= 15 is 0 Å². The highest BCUT2D eigenvalue weighted by Crippen LogP contribution is 2.39. The fourth-order valence-corrected chi connectivity index (χ4v) is 5.12. The maximum Gasteiger partial charge on any atom is 0.223 e. The van der Waals surface area contributed by atoms with Gasteiger partial charge in [-0.05, 0) is 47.9 Å². The number of imidazole rings is 2. The lowest BCUT2D eigenvalue weighted by molar-refractivity contribution is -0.134.